The highest BCUT2D eigenvalue weighted by Gasteiger charge is 2.06. The van der Waals surface area contributed by atoms with Gasteiger partial charge in [-0.25, -0.2) is 0 Å². The second-order valence-corrected chi connectivity index (χ2v) is 3.60. The Bertz CT molecular complexity index is 210. The molecule has 0 amide bonds. The number of anilines is 1. The molecular formula is C12H20NO. The van der Waals surface area contributed by atoms with Gasteiger partial charge in [0.1, 0.15) is 12.5 Å². The maximum atomic E-state index is 5.06. The van der Waals surface area contributed by atoms with Crippen molar-refractivity contribution < 1.29 is 4.42 Å². The summed E-state index contributed by atoms with van der Waals surface area (Å²) in [5, 5.41) is 0. The third-order valence-electron chi connectivity index (χ3n) is 2.36. The van der Waals surface area contributed by atoms with Gasteiger partial charge in [-0.1, -0.05) is 26.7 Å². The van der Waals surface area contributed by atoms with Gasteiger partial charge in [-0.15, -0.1) is 0 Å². The maximum absolute atomic E-state index is 5.06. The predicted molar refractivity (Wildman–Crippen MR) is 59.6 cm³/mol. The van der Waals surface area contributed by atoms with Crippen LogP contribution in [0.2, 0.25) is 0 Å². The zero-order valence-electron chi connectivity index (χ0n) is 9.25. The lowest BCUT2D eigenvalue weighted by Crippen LogP contribution is -2.25. The predicted octanol–water partition coefficient (Wildman–Crippen LogP) is 3.49. The first-order valence-corrected chi connectivity index (χ1v) is 5.57. The van der Waals surface area contributed by atoms with Crippen molar-refractivity contribution >= 4 is 5.69 Å². The molecule has 0 N–H and O–H groups in total. The van der Waals surface area contributed by atoms with Crippen LogP contribution < -0.4 is 4.90 Å². The van der Waals surface area contributed by atoms with Crippen molar-refractivity contribution in [1.82, 2.24) is 0 Å². The number of hydrogen-bond acceptors (Lipinski definition) is 2. The summed E-state index contributed by atoms with van der Waals surface area (Å²) >= 11 is 0. The highest BCUT2D eigenvalue weighted by atomic mass is 16.3. The van der Waals surface area contributed by atoms with Crippen LogP contribution in [0.3, 0.4) is 0 Å². The van der Waals surface area contributed by atoms with Gasteiger partial charge in [-0.05, 0) is 12.8 Å². The lowest BCUT2D eigenvalue weighted by atomic mass is 10.2. The number of furan rings is 1. The van der Waals surface area contributed by atoms with Gasteiger partial charge in [0.05, 0.1) is 5.69 Å². The summed E-state index contributed by atoms with van der Waals surface area (Å²) in [6.07, 6.45) is 8.36. The van der Waals surface area contributed by atoms with Crippen LogP contribution in [0.15, 0.2) is 16.9 Å². The first-order chi connectivity index (χ1) is 6.88. The van der Waals surface area contributed by atoms with E-state index in [0.717, 1.165) is 18.8 Å². The molecule has 1 aromatic heterocycles. The van der Waals surface area contributed by atoms with Crippen molar-refractivity contribution in [2.75, 3.05) is 18.0 Å². The van der Waals surface area contributed by atoms with E-state index in [1.807, 2.05) is 0 Å². The van der Waals surface area contributed by atoms with Crippen LogP contribution in [0.1, 0.15) is 39.5 Å². The summed E-state index contributed by atoms with van der Waals surface area (Å²) in [6, 6.07) is 3.11. The Morgan fingerprint density at radius 2 is 1.86 bits per heavy atom. The van der Waals surface area contributed by atoms with E-state index in [-0.39, 0.29) is 0 Å². The van der Waals surface area contributed by atoms with Crippen LogP contribution in [0.5, 0.6) is 0 Å². The Morgan fingerprint density at radius 1 is 1.21 bits per heavy atom. The molecule has 14 heavy (non-hydrogen) atoms. The maximum Gasteiger partial charge on any atom is 0.114 e. The van der Waals surface area contributed by atoms with Gasteiger partial charge < -0.3 is 9.32 Å². The summed E-state index contributed by atoms with van der Waals surface area (Å²) in [4.78, 5) is 2.36. The van der Waals surface area contributed by atoms with E-state index < -0.39 is 0 Å². The summed E-state index contributed by atoms with van der Waals surface area (Å²) in [7, 11) is 0. The van der Waals surface area contributed by atoms with Crippen LogP contribution >= 0.6 is 0 Å². The fraction of sp³-hybridized carbons (Fsp3) is 0.667. The van der Waals surface area contributed by atoms with Crippen molar-refractivity contribution in [3.63, 3.8) is 0 Å². The van der Waals surface area contributed by atoms with E-state index >= 15 is 0 Å². The van der Waals surface area contributed by atoms with Gasteiger partial charge in [0.25, 0.3) is 0 Å². The Hall–Kier alpha value is -0.920. The van der Waals surface area contributed by atoms with Gasteiger partial charge in [0.2, 0.25) is 0 Å². The first-order valence-electron chi connectivity index (χ1n) is 5.57. The molecule has 0 aromatic carbocycles. The highest BCUT2D eigenvalue weighted by molar-refractivity contribution is 5.41. The minimum Gasteiger partial charge on any atom is -0.470 e. The number of hydrogen-bond donors (Lipinski definition) is 0. The second-order valence-electron chi connectivity index (χ2n) is 3.60. The monoisotopic (exact) mass is 194 g/mol. The van der Waals surface area contributed by atoms with Gasteiger partial charge >= 0.3 is 0 Å². The van der Waals surface area contributed by atoms with Crippen molar-refractivity contribution in [1.29, 1.82) is 0 Å². The Kier molecular flexibility index (Phi) is 5.20. The van der Waals surface area contributed by atoms with E-state index in [0.29, 0.717) is 0 Å². The summed E-state index contributed by atoms with van der Waals surface area (Å²) < 4.78 is 5.06. The molecule has 1 radical (unpaired) electrons. The zero-order chi connectivity index (χ0) is 10.2. The Labute approximate surface area is 86.9 Å². The molecule has 0 fully saturated rings. The third kappa shape index (κ3) is 3.44. The number of rotatable bonds is 7. The van der Waals surface area contributed by atoms with Crippen LogP contribution in [0, 0.1) is 6.07 Å². The van der Waals surface area contributed by atoms with Crippen molar-refractivity contribution in [2.24, 2.45) is 0 Å². The minimum absolute atomic E-state index is 1.10. The van der Waals surface area contributed by atoms with E-state index in [1.165, 1.54) is 25.7 Å². The van der Waals surface area contributed by atoms with Crippen molar-refractivity contribution in [2.45, 2.75) is 39.5 Å². The smallest absolute Gasteiger partial charge is 0.114 e. The average molecular weight is 194 g/mol. The molecule has 1 rings (SSSR count). The standard InChI is InChI=1S/C12H20NO/c1-3-5-8-13(9-6-4-2)12-7-10-14-11-12/h10-11H,3-6,8-9H2,1-2H3. The molecule has 0 atom stereocenters. The molecule has 79 valence electrons. The fourth-order valence-corrected chi connectivity index (χ4v) is 1.44. The summed E-state index contributed by atoms with van der Waals surface area (Å²) in [5.74, 6) is 0. The SMILES string of the molecule is CCCCN(CCCC)c1[c]coc1. The molecule has 1 aromatic rings. The average Bonchev–Trinajstić information content (AvgIpc) is 2.71. The molecular weight excluding hydrogens is 174 g/mol. The molecule has 0 aliphatic heterocycles. The molecule has 0 saturated heterocycles. The van der Waals surface area contributed by atoms with Gasteiger partial charge in [0.15, 0.2) is 0 Å². The lowest BCUT2D eigenvalue weighted by molar-refractivity contribution is 0.564. The molecule has 2 nitrogen and oxygen atoms in total. The topological polar surface area (TPSA) is 16.4 Å². The van der Waals surface area contributed by atoms with Crippen LogP contribution in [-0.2, 0) is 0 Å². The highest BCUT2D eigenvalue weighted by Crippen LogP contribution is 2.15. The molecule has 1 heterocycles. The van der Waals surface area contributed by atoms with Crippen molar-refractivity contribution in [3.8, 4) is 0 Å². The first kappa shape index (κ1) is 11.2. The molecule has 2 heteroatoms. The normalized spacial score (nSPS) is 10.4. The largest absolute Gasteiger partial charge is 0.470 e. The fourth-order valence-electron chi connectivity index (χ4n) is 1.44. The number of unbranched alkanes of at least 4 members (excludes halogenated alkanes) is 2. The third-order valence-corrected chi connectivity index (χ3v) is 2.36. The van der Waals surface area contributed by atoms with Crippen LogP contribution in [0.4, 0.5) is 5.69 Å². The molecule has 0 spiro atoms. The molecule has 0 aliphatic rings. The van der Waals surface area contributed by atoms with E-state index in [4.69, 9.17) is 4.42 Å². The summed E-state index contributed by atoms with van der Waals surface area (Å²) in [5.41, 5.74) is 1.10. The van der Waals surface area contributed by atoms with Crippen LogP contribution in [0.25, 0.3) is 0 Å². The minimum atomic E-state index is 1.10. The Morgan fingerprint density at radius 3 is 2.29 bits per heavy atom. The number of nitrogens with zero attached hydrogens (tertiary/aromatic N) is 1. The van der Waals surface area contributed by atoms with Crippen LogP contribution in [-0.4, -0.2) is 13.1 Å². The quantitative estimate of drug-likeness (QED) is 0.660. The Balaban J connectivity index is 2.44. The summed E-state index contributed by atoms with van der Waals surface area (Å²) in [6.45, 7) is 6.67. The van der Waals surface area contributed by atoms with Gasteiger partial charge in [0, 0.05) is 19.2 Å². The van der Waals surface area contributed by atoms with E-state index in [1.54, 1.807) is 12.5 Å². The van der Waals surface area contributed by atoms with E-state index in [2.05, 4.69) is 24.8 Å². The molecule has 0 aliphatic carbocycles. The second kappa shape index (κ2) is 6.52. The lowest BCUT2D eigenvalue weighted by Gasteiger charge is -2.22. The zero-order valence-corrected chi connectivity index (χ0v) is 9.25. The van der Waals surface area contributed by atoms with Gasteiger partial charge in [-0.3, -0.25) is 0 Å². The molecule has 0 saturated carbocycles. The van der Waals surface area contributed by atoms with Gasteiger partial charge in [-0.2, -0.15) is 0 Å². The van der Waals surface area contributed by atoms with Crippen molar-refractivity contribution in [3.05, 3.63) is 18.6 Å². The van der Waals surface area contributed by atoms with E-state index in [9.17, 15) is 0 Å². The molecule has 0 bridgehead atoms. The molecule has 0 unspecified atom stereocenters.